The first kappa shape index (κ1) is 11.1. The third kappa shape index (κ3) is 2.25. The maximum Gasteiger partial charge on any atom is 0.249 e. The van der Waals surface area contributed by atoms with Gasteiger partial charge >= 0.3 is 0 Å². The van der Waals surface area contributed by atoms with Gasteiger partial charge in [0.15, 0.2) is 0 Å². The highest BCUT2D eigenvalue weighted by molar-refractivity contribution is 5.84. The average Bonchev–Trinajstić information content (AvgIpc) is 3.11. The number of aliphatic hydroxyl groups is 1. The molecule has 1 aliphatic carbocycles. The quantitative estimate of drug-likeness (QED) is 0.782. The summed E-state index contributed by atoms with van der Waals surface area (Å²) in [7, 11) is 0. The van der Waals surface area contributed by atoms with Crippen molar-refractivity contribution in [2.75, 3.05) is 0 Å². The Labute approximate surface area is 95.3 Å². The van der Waals surface area contributed by atoms with E-state index >= 15 is 0 Å². The summed E-state index contributed by atoms with van der Waals surface area (Å²) in [5, 5.41) is 10.2. The van der Waals surface area contributed by atoms with Crippen LogP contribution in [0.5, 0.6) is 0 Å². The SMILES string of the molecule is NC(=O)C(O)(CCc1ccccc1)C1CC1. The average molecular weight is 219 g/mol. The van der Waals surface area contributed by atoms with Gasteiger partial charge in [-0.15, -0.1) is 0 Å². The Hall–Kier alpha value is -1.35. The molecule has 0 radical (unpaired) electrons. The van der Waals surface area contributed by atoms with Crippen molar-refractivity contribution in [1.82, 2.24) is 0 Å². The molecule has 3 N–H and O–H groups in total. The van der Waals surface area contributed by atoms with Gasteiger partial charge in [-0.25, -0.2) is 0 Å². The molecule has 1 aromatic carbocycles. The van der Waals surface area contributed by atoms with Crippen LogP contribution < -0.4 is 5.73 Å². The lowest BCUT2D eigenvalue weighted by molar-refractivity contribution is -0.139. The van der Waals surface area contributed by atoms with Gasteiger partial charge in [0.25, 0.3) is 0 Å². The summed E-state index contributed by atoms with van der Waals surface area (Å²) in [6.07, 6.45) is 2.94. The van der Waals surface area contributed by atoms with Crippen LogP contribution in [0.15, 0.2) is 30.3 Å². The summed E-state index contributed by atoms with van der Waals surface area (Å²) in [6, 6.07) is 9.85. The Morgan fingerprint density at radius 2 is 2.00 bits per heavy atom. The standard InChI is InChI=1S/C13H17NO2/c14-12(15)13(16,11-6-7-11)9-8-10-4-2-1-3-5-10/h1-5,11,16H,6-9H2,(H2,14,15). The smallest absolute Gasteiger partial charge is 0.249 e. The van der Waals surface area contributed by atoms with Crippen molar-refractivity contribution < 1.29 is 9.90 Å². The Balaban J connectivity index is 2.00. The van der Waals surface area contributed by atoms with Gasteiger partial charge in [0, 0.05) is 0 Å². The van der Waals surface area contributed by atoms with Gasteiger partial charge in [-0.3, -0.25) is 4.79 Å². The second-order valence-electron chi connectivity index (χ2n) is 4.55. The first-order chi connectivity index (χ1) is 7.63. The number of amides is 1. The predicted molar refractivity (Wildman–Crippen MR) is 61.6 cm³/mol. The first-order valence-corrected chi connectivity index (χ1v) is 5.69. The van der Waals surface area contributed by atoms with Crippen LogP contribution in [0.1, 0.15) is 24.8 Å². The molecule has 0 heterocycles. The van der Waals surface area contributed by atoms with Gasteiger partial charge in [0.1, 0.15) is 5.60 Å². The number of hydrogen-bond acceptors (Lipinski definition) is 2. The molecule has 0 aromatic heterocycles. The maximum absolute atomic E-state index is 11.3. The summed E-state index contributed by atoms with van der Waals surface area (Å²) in [5.41, 5.74) is 5.12. The van der Waals surface area contributed by atoms with Crippen molar-refractivity contribution >= 4 is 5.91 Å². The molecule has 86 valence electrons. The van der Waals surface area contributed by atoms with E-state index < -0.39 is 11.5 Å². The number of nitrogens with two attached hydrogens (primary N) is 1. The van der Waals surface area contributed by atoms with E-state index in [1.54, 1.807) is 0 Å². The second kappa shape index (κ2) is 4.26. The molecule has 0 saturated heterocycles. The minimum Gasteiger partial charge on any atom is -0.380 e. The van der Waals surface area contributed by atoms with Crippen molar-refractivity contribution in [3.8, 4) is 0 Å². The molecule has 1 saturated carbocycles. The van der Waals surface area contributed by atoms with Gasteiger partial charge < -0.3 is 10.8 Å². The molecule has 3 heteroatoms. The Kier molecular flexibility index (Phi) is 2.97. The fourth-order valence-corrected chi connectivity index (χ4v) is 2.07. The number of rotatable bonds is 5. The number of benzene rings is 1. The zero-order chi connectivity index (χ0) is 11.6. The van der Waals surface area contributed by atoms with E-state index in [1.165, 1.54) is 0 Å². The highest BCUT2D eigenvalue weighted by atomic mass is 16.3. The number of primary amides is 1. The minimum absolute atomic E-state index is 0.0775. The third-order valence-corrected chi connectivity index (χ3v) is 3.32. The van der Waals surface area contributed by atoms with E-state index in [2.05, 4.69) is 0 Å². The third-order valence-electron chi connectivity index (χ3n) is 3.32. The highest BCUT2D eigenvalue weighted by Crippen LogP contribution is 2.41. The van der Waals surface area contributed by atoms with Gasteiger partial charge in [0.2, 0.25) is 5.91 Å². The molecule has 1 aromatic rings. The second-order valence-corrected chi connectivity index (χ2v) is 4.55. The van der Waals surface area contributed by atoms with E-state index in [4.69, 9.17) is 5.73 Å². The Morgan fingerprint density at radius 3 is 2.50 bits per heavy atom. The predicted octanol–water partition coefficient (Wildman–Crippen LogP) is 1.25. The van der Waals surface area contributed by atoms with Crippen LogP contribution in [0, 0.1) is 5.92 Å². The summed E-state index contributed by atoms with van der Waals surface area (Å²) in [4.78, 5) is 11.3. The van der Waals surface area contributed by atoms with Gasteiger partial charge in [-0.2, -0.15) is 0 Å². The molecule has 0 aliphatic heterocycles. The summed E-state index contributed by atoms with van der Waals surface area (Å²) < 4.78 is 0. The fraction of sp³-hybridized carbons (Fsp3) is 0.462. The molecule has 1 fully saturated rings. The first-order valence-electron chi connectivity index (χ1n) is 5.69. The molecule has 2 rings (SSSR count). The van der Waals surface area contributed by atoms with Crippen molar-refractivity contribution in [3.05, 3.63) is 35.9 Å². The lowest BCUT2D eigenvalue weighted by Crippen LogP contribution is -2.46. The van der Waals surface area contributed by atoms with E-state index in [9.17, 15) is 9.90 Å². The van der Waals surface area contributed by atoms with E-state index in [0.717, 1.165) is 18.4 Å². The van der Waals surface area contributed by atoms with E-state index in [0.29, 0.717) is 12.8 Å². The van der Waals surface area contributed by atoms with Crippen molar-refractivity contribution in [2.45, 2.75) is 31.3 Å². The Morgan fingerprint density at radius 1 is 1.38 bits per heavy atom. The van der Waals surface area contributed by atoms with Gasteiger partial charge in [-0.05, 0) is 37.2 Å². The van der Waals surface area contributed by atoms with Gasteiger partial charge in [-0.1, -0.05) is 30.3 Å². The molecule has 0 spiro atoms. The van der Waals surface area contributed by atoms with Crippen LogP contribution >= 0.6 is 0 Å². The van der Waals surface area contributed by atoms with Crippen molar-refractivity contribution in [3.63, 3.8) is 0 Å². The van der Waals surface area contributed by atoms with E-state index in [1.807, 2.05) is 30.3 Å². The summed E-state index contributed by atoms with van der Waals surface area (Å²) in [6.45, 7) is 0. The zero-order valence-electron chi connectivity index (χ0n) is 9.23. The molecule has 1 unspecified atom stereocenters. The molecular weight excluding hydrogens is 202 g/mol. The van der Waals surface area contributed by atoms with Crippen LogP contribution in [-0.2, 0) is 11.2 Å². The lowest BCUT2D eigenvalue weighted by Gasteiger charge is -2.24. The molecule has 0 bridgehead atoms. The minimum atomic E-state index is -1.30. The van der Waals surface area contributed by atoms with Crippen LogP contribution in [-0.4, -0.2) is 16.6 Å². The molecule has 1 amide bonds. The molecule has 3 nitrogen and oxygen atoms in total. The number of hydrogen-bond donors (Lipinski definition) is 2. The Bertz CT molecular complexity index is 373. The van der Waals surface area contributed by atoms with Crippen LogP contribution in [0.2, 0.25) is 0 Å². The van der Waals surface area contributed by atoms with Crippen LogP contribution in [0.3, 0.4) is 0 Å². The van der Waals surface area contributed by atoms with Crippen molar-refractivity contribution in [2.24, 2.45) is 11.7 Å². The normalized spacial score (nSPS) is 19.1. The molecular formula is C13H17NO2. The summed E-state index contributed by atoms with van der Waals surface area (Å²) >= 11 is 0. The fourth-order valence-electron chi connectivity index (χ4n) is 2.07. The number of aryl methyl sites for hydroxylation is 1. The van der Waals surface area contributed by atoms with Crippen molar-refractivity contribution in [1.29, 1.82) is 0 Å². The molecule has 1 aliphatic rings. The lowest BCUT2D eigenvalue weighted by atomic mass is 9.89. The zero-order valence-corrected chi connectivity index (χ0v) is 9.23. The van der Waals surface area contributed by atoms with Gasteiger partial charge in [0.05, 0.1) is 0 Å². The molecule has 1 atom stereocenters. The number of carbonyl (C=O) groups excluding carboxylic acids is 1. The topological polar surface area (TPSA) is 63.3 Å². The largest absolute Gasteiger partial charge is 0.380 e. The summed E-state index contributed by atoms with van der Waals surface area (Å²) in [5.74, 6) is -0.500. The van der Waals surface area contributed by atoms with Crippen LogP contribution in [0.4, 0.5) is 0 Å². The maximum atomic E-state index is 11.3. The van der Waals surface area contributed by atoms with Crippen LogP contribution in [0.25, 0.3) is 0 Å². The van der Waals surface area contributed by atoms with E-state index in [-0.39, 0.29) is 5.92 Å². The highest BCUT2D eigenvalue weighted by Gasteiger charge is 2.47. The number of carbonyl (C=O) groups is 1. The molecule has 16 heavy (non-hydrogen) atoms. The monoisotopic (exact) mass is 219 g/mol.